The first-order chi connectivity index (χ1) is 55.5. The van der Waals surface area contributed by atoms with Crippen molar-refractivity contribution in [1.82, 2.24) is 24.7 Å². The van der Waals surface area contributed by atoms with Crippen molar-refractivity contribution in [3.8, 4) is 57.9 Å². The highest BCUT2D eigenvalue weighted by molar-refractivity contribution is 7.20. The topological polar surface area (TPSA) is 183 Å². The Morgan fingerprint density at radius 2 is 0.929 bits per heavy atom. The number of carbonyl (C=O) groups is 2. The van der Waals surface area contributed by atoms with Crippen molar-refractivity contribution in [3.63, 3.8) is 0 Å². The molecule has 0 saturated carbocycles. The van der Waals surface area contributed by atoms with Gasteiger partial charge in [-0.25, -0.2) is 19.6 Å². The van der Waals surface area contributed by atoms with E-state index in [9.17, 15) is 20.1 Å². The first kappa shape index (κ1) is 79.8. The number of fused-ring (bicyclic) bond motifs is 3. The van der Waals surface area contributed by atoms with Gasteiger partial charge in [0.25, 0.3) is 0 Å². The summed E-state index contributed by atoms with van der Waals surface area (Å²) in [5, 5.41) is 30.7. The van der Waals surface area contributed by atoms with Crippen molar-refractivity contribution in [2.24, 2.45) is 0 Å². The monoisotopic (exact) mass is 1540 g/mol. The van der Waals surface area contributed by atoms with Crippen molar-refractivity contribution in [1.29, 1.82) is 10.5 Å². The van der Waals surface area contributed by atoms with Gasteiger partial charge in [0.05, 0.1) is 68.9 Å². The first-order valence-electron chi connectivity index (χ1n) is 39.8. The number of hydrogen-bond acceptors (Lipinski definition) is 16. The van der Waals surface area contributed by atoms with E-state index in [4.69, 9.17) is 38.4 Å². The number of ether oxygens (including phenoxy) is 6. The Morgan fingerprint density at radius 1 is 0.496 bits per heavy atom. The van der Waals surface area contributed by atoms with E-state index in [0.717, 1.165) is 145 Å². The van der Waals surface area contributed by atoms with E-state index in [1.165, 1.54) is 22.7 Å². The van der Waals surface area contributed by atoms with Gasteiger partial charge in [0.15, 0.2) is 6.71 Å². The maximum absolute atomic E-state index is 14.9. The number of carbonyl (C=O) groups excluding carboxylic acids is 2. The van der Waals surface area contributed by atoms with Gasteiger partial charge in [0.1, 0.15) is 62.2 Å². The number of benzene rings is 9. The number of esters is 2. The van der Waals surface area contributed by atoms with Crippen molar-refractivity contribution in [2.75, 3.05) is 59.2 Å². The minimum absolute atomic E-state index is 0.267. The molecule has 0 radical (unpaired) electrons. The molecule has 0 bridgehead atoms. The highest BCUT2D eigenvalue weighted by Crippen LogP contribution is 2.51. The van der Waals surface area contributed by atoms with Crippen molar-refractivity contribution >= 4 is 107 Å². The van der Waals surface area contributed by atoms with E-state index >= 15 is 0 Å². The molecule has 1 aliphatic rings. The van der Waals surface area contributed by atoms with Crippen LogP contribution in [0.2, 0.25) is 12.6 Å². The van der Waals surface area contributed by atoms with E-state index in [2.05, 4.69) is 105 Å². The van der Waals surface area contributed by atoms with Gasteiger partial charge < -0.3 is 43.1 Å². The highest BCUT2D eigenvalue weighted by Gasteiger charge is 2.45. The Hall–Kier alpha value is -11.3. The summed E-state index contributed by atoms with van der Waals surface area (Å²) in [4.78, 5) is 42.7. The lowest BCUT2D eigenvalue weighted by molar-refractivity contribution is 0.0724. The second-order valence-electron chi connectivity index (χ2n) is 28.3. The van der Waals surface area contributed by atoms with Crippen LogP contribution in [0.15, 0.2) is 224 Å². The lowest BCUT2D eigenvalue weighted by atomic mass is 9.36. The number of thiazole rings is 2. The summed E-state index contributed by atoms with van der Waals surface area (Å²) < 4.78 is 42.1. The molecule has 0 aliphatic heterocycles. The van der Waals surface area contributed by atoms with Gasteiger partial charge in [-0.2, -0.15) is 10.5 Å². The minimum Gasteiger partial charge on any atom is -0.493 e. The molecule has 0 amide bonds. The van der Waals surface area contributed by atoms with Crippen molar-refractivity contribution in [3.05, 3.63) is 267 Å². The summed E-state index contributed by atoms with van der Waals surface area (Å²) in [7, 11) is 0. The molecular weight excluding hydrogens is 1440 g/mol. The lowest BCUT2D eigenvalue weighted by Gasteiger charge is -2.27. The van der Waals surface area contributed by atoms with Gasteiger partial charge in [-0.15, -0.1) is 22.7 Å². The summed E-state index contributed by atoms with van der Waals surface area (Å²) in [6, 6.07) is 78.0. The average Bonchev–Trinajstić information content (AvgIpc) is 1.52. The molecule has 572 valence electrons. The molecule has 3 heterocycles. The summed E-state index contributed by atoms with van der Waals surface area (Å²) >= 11 is 2.90. The number of rotatable bonds is 38. The zero-order valence-corrected chi connectivity index (χ0v) is 66.9. The number of unbranched alkanes of at least 4 members (excludes halogenated alkanes) is 6. The van der Waals surface area contributed by atoms with E-state index < -0.39 is 24.6 Å². The molecule has 15 nitrogen and oxygen atoms in total. The summed E-state index contributed by atoms with van der Waals surface area (Å²) in [5.41, 5.74) is 9.83. The Bertz CT molecular complexity index is 5370. The van der Waals surface area contributed by atoms with E-state index in [-0.39, 0.29) is 29.3 Å². The largest absolute Gasteiger partial charge is 0.493 e. The molecule has 0 fully saturated rings. The van der Waals surface area contributed by atoms with Gasteiger partial charge in [-0.1, -0.05) is 211 Å². The predicted molar refractivity (Wildman–Crippen MR) is 461 cm³/mol. The second kappa shape index (κ2) is 39.2. The van der Waals surface area contributed by atoms with Crippen LogP contribution in [0.25, 0.3) is 54.0 Å². The van der Waals surface area contributed by atoms with Gasteiger partial charge in [0.2, 0.25) is 0 Å². The van der Waals surface area contributed by atoms with Crippen LogP contribution in [0.3, 0.4) is 0 Å². The Labute approximate surface area is 672 Å². The minimum atomic E-state index is -0.658. The highest BCUT2D eigenvalue weighted by atomic mass is 32.1. The zero-order valence-electron chi connectivity index (χ0n) is 65.3. The van der Waals surface area contributed by atoms with Gasteiger partial charge in [0, 0.05) is 28.6 Å². The SMILES string of the molecule is CCCCCOc1cc(OCCCCC)cc(C(=O)Oc2ccc(C3=c4c(c(-c5ccc(OC(=O)c6cc(OCCCCNCC)cc(OCCCCN(CC)CC)c6)cc5)n(B(c5ccccc5)c5ccccc5)/c4=C(/C#N)c4nc5ccccc5s4)/C(=C(\C#N)c4nc5ccccc5s4)C3B(C)c3ccccc3)cc2)c1. The average molecular weight is 1540 g/mol. The molecule has 0 spiro atoms. The number of allylic oxidation sites excluding steroid dienone is 2. The van der Waals surface area contributed by atoms with Crippen LogP contribution in [-0.2, 0) is 0 Å². The lowest BCUT2D eigenvalue weighted by Crippen LogP contribution is -2.55. The third-order valence-corrected chi connectivity index (χ3v) is 22.8. The molecule has 113 heavy (non-hydrogen) atoms. The Morgan fingerprint density at radius 3 is 1.38 bits per heavy atom. The number of para-hydroxylation sites is 2. The van der Waals surface area contributed by atoms with Crippen molar-refractivity contribution in [2.45, 2.75) is 111 Å². The second-order valence-corrected chi connectivity index (χ2v) is 30.4. The fourth-order valence-corrected chi connectivity index (χ4v) is 16.9. The van der Waals surface area contributed by atoms with Gasteiger partial charge in [-0.3, -0.25) is 0 Å². The summed E-state index contributed by atoms with van der Waals surface area (Å²) in [6.45, 7) is 18.5. The zero-order chi connectivity index (χ0) is 78.4. The molecule has 1 N–H and O–H groups in total. The Balaban J connectivity index is 1.05. The molecule has 19 heteroatoms. The van der Waals surface area contributed by atoms with Crippen LogP contribution in [0.1, 0.15) is 141 Å². The smallest absolute Gasteiger partial charge is 0.343 e. The molecular formula is C94H95B2N7O8S2. The van der Waals surface area contributed by atoms with E-state index in [0.29, 0.717) is 104 Å². The summed E-state index contributed by atoms with van der Waals surface area (Å²) in [6.07, 6.45) is 9.38. The molecule has 9 aromatic carbocycles. The van der Waals surface area contributed by atoms with Crippen LogP contribution in [0.4, 0.5) is 0 Å². The maximum atomic E-state index is 14.9. The number of nitriles is 2. The molecule has 1 aliphatic carbocycles. The third kappa shape index (κ3) is 19.1. The fourth-order valence-electron chi connectivity index (χ4n) is 15.0. The maximum Gasteiger partial charge on any atom is 0.343 e. The number of nitrogens with zero attached hydrogens (tertiary/aromatic N) is 6. The molecule has 0 saturated heterocycles. The number of nitrogens with one attached hydrogen (secondary N) is 1. The van der Waals surface area contributed by atoms with Crippen molar-refractivity contribution < 1.29 is 38.0 Å². The predicted octanol–water partition coefficient (Wildman–Crippen LogP) is 17.6. The first-order valence-corrected chi connectivity index (χ1v) is 41.5. The quantitative estimate of drug-likeness (QED) is 0.0127. The standard InChI is InChI=1S/C94H95B2N7O8S2/c1-7-12-29-53-106-74-57-67(58-75(61-74)107-54-30-13-8-2)93(104)110-72-47-43-65(44-48-72)84-86-87(85(88(84)95(6)69-33-17-14-18-34-69)78(63-97)91-100-80-39-23-25-41-82(80)112-91)89(103(96(70-35-19-15-20-36-70)71-37-21-16-22-38-71)90(86)79(64-98)92-101-81-40-24-26-42-83(81)113-92)66-45-49-73(50-46-66)111-94(105)68-59-76(108-55-31-27-51-99-9-3)62-77(60-68)109-56-32-28-52-102(10-4)11-5/h14-26,33-50,57-62,88,99H,7-13,27-32,51-56H2,1-6H3/b85-78-,90-79-. The molecule has 1 unspecified atom stereocenters. The van der Waals surface area contributed by atoms with Gasteiger partial charge in [-0.05, 0) is 184 Å². The normalized spacial score (nSPS) is 13.1. The van der Waals surface area contributed by atoms with E-state index in [1.807, 2.05) is 152 Å². The number of hydrogen-bond donors (Lipinski definition) is 1. The van der Waals surface area contributed by atoms with Gasteiger partial charge >= 0.3 is 18.8 Å². The fraction of sp³-hybridized carbons (Fsp3) is 0.277. The van der Waals surface area contributed by atoms with E-state index in [1.54, 1.807) is 36.4 Å². The molecule has 12 aromatic rings. The third-order valence-electron chi connectivity index (χ3n) is 20.7. The Kier molecular flexibility index (Phi) is 27.7. The van der Waals surface area contributed by atoms with Crippen LogP contribution >= 0.6 is 22.7 Å². The molecule has 13 rings (SSSR count). The van der Waals surface area contributed by atoms with Crippen LogP contribution in [0.5, 0.6) is 34.5 Å². The van der Waals surface area contributed by atoms with Crippen LogP contribution in [-0.4, -0.2) is 104 Å². The number of aromatic nitrogens is 3. The molecule has 3 aromatic heterocycles. The summed E-state index contributed by atoms with van der Waals surface area (Å²) in [5.74, 6) is 0.801. The van der Waals surface area contributed by atoms with Crippen LogP contribution < -0.4 is 60.7 Å². The molecule has 1 atom stereocenters. The van der Waals surface area contributed by atoms with Crippen LogP contribution in [0, 0.1) is 22.7 Å².